The third-order valence-corrected chi connectivity index (χ3v) is 5.63. The second-order valence-electron chi connectivity index (χ2n) is 8.36. The average molecular weight is 466 g/mol. The Labute approximate surface area is 204 Å². The first-order valence-electron chi connectivity index (χ1n) is 11.2. The first kappa shape index (κ1) is 23.6. The van der Waals surface area contributed by atoms with Crippen molar-refractivity contribution in [3.63, 3.8) is 0 Å². The molecule has 1 aliphatic heterocycles. The van der Waals surface area contributed by atoms with E-state index in [0.29, 0.717) is 12.0 Å². The highest BCUT2D eigenvalue weighted by atomic mass is 16.2. The molecule has 0 unspecified atom stereocenters. The summed E-state index contributed by atoms with van der Waals surface area (Å²) in [6.45, 7) is 2.00. The number of carbonyl (C=O) groups is 2. The van der Waals surface area contributed by atoms with Crippen LogP contribution in [0.4, 0.5) is 22.7 Å². The van der Waals surface area contributed by atoms with Gasteiger partial charge in [-0.25, -0.2) is 0 Å². The highest BCUT2D eigenvalue weighted by Crippen LogP contribution is 2.28. The molecule has 5 rings (SSSR count). The molecule has 2 aromatic heterocycles. The first-order valence-corrected chi connectivity index (χ1v) is 11.2. The van der Waals surface area contributed by atoms with E-state index in [4.69, 9.17) is 0 Å². The standard InChI is InChI=1S/C15H17N3O.C13H10N2O/c1-11-8-9-16-10-14(11)17-13-7-5-4-6-12(13)15(19)18(2)3;16-13-7-9-5-6-14-8-12(9)15-11-4-2-1-3-10(11)13/h4-10,17H,1-3H3;1-6,8,15H,7H2. The fourth-order valence-electron chi connectivity index (χ4n) is 3.70. The SMILES string of the molecule is Cc1ccncc1Nc1ccccc1C(=O)N(C)C.O=C1Cc2ccncc2Nc2ccccc21. The summed E-state index contributed by atoms with van der Waals surface area (Å²) in [5, 5.41) is 6.52. The number of benzene rings is 2. The molecular weight excluding hydrogens is 438 g/mol. The van der Waals surface area contributed by atoms with Crippen LogP contribution < -0.4 is 10.6 Å². The van der Waals surface area contributed by atoms with Gasteiger partial charge < -0.3 is 15.5 Å². The smallest absolute Gasteiger partial charge is 0.255 e. The van der Waals surface area contributed by atoms with Crippen molar-refractivity contribution in [2.24, 2.45) is 0 Å². The van der Waals surface area contributed by atoms with Crippen molar-refractivity contribution in [3.05, 3.63) is 108 Å². The van der Waals surface area contributed by atoms with Crippen LogP contribution in [0.15, 0.2) is 85.5 Å². The fourth-order valence-corrected chi connectivity index (χ4v) is 3.70. The second kappa shape index (κ2) is 10.6. The number of rotatable bonds is 3. The summed E-state index contributed by atoms with van der Waals surface area (Å²) in [6.07, 6.45) is 7.40. The van der Waals surface area contributed by atoms with Crippen LogP contribution in [0, 0.1) is 6.92 Å². The number of carbonyl (C=O) groups excluding carboxylic acids is 2. The molecule has 7 heteroatoms. The maximum Gasteiger partial charge on any atom is 0.255 e. The molecule has 3 heterocycles. The lowest BCUT2D eigenvalue weighted by atomic mass is 10.0. The van der Waals surface area contributed by atoms with Crippen molar-refractivity contribution in [1.82, 2.24) is 14.9 Å². The Morgan fingerprint density at radius 2 is 1.60 bits per heavy atom. The van der Waals surface area contributed by atoms with Gasteiger partial charge >= 0.3 is 0 Å². The van der Waals surface area contributed by atoms with Gasteiger partial charge in [0, 0.05) is 44.2 Å². The van der Waals surface area contributed by atoms with Crippen LogP contribution in [-0.4, -0.2) is 40.7 Å². The number of Topliss-reactive ketones (excluding diaryl/α,β-unsaturated/α-hetero) is 1. The number of nitrogens with one attached hydrogen (secondary N) is 2. The van der Waals surface area contributed by atoms with E-state index in [1.807, 2.05) is 67.6 Å². The molecule has 0 aliphatic carbocycles. The number of hydrogen-bond donors (Lipinski definition) is 2. The molecule has 7 nitrogen and oxygen atoms in total. The van der Waals surface area contributed by atoms with Crippen LogP contribution in [0.3, 0.4) is 0 Å². The van der Waals surface area contributed by atoms with Crippen molar-refractivity contribution in [3.8, 4) is 0 Å². The minimum atomic E-state index is -0.0235. The van der Waals surface area contributed by atoms with E-state index in [1.54, 1.807) is 43.8 Å². The topological polar surface area (TPSA) is 87.2 Å². The average Bonchev–Trinajstić information content (AvgIpc) is 3.01. The molecule has 4 aromatic rings. The minimum absolute atomic E-state index is 0.0235. The molecule has 0 bridgehead atoms. The van der Waals surface area contributed by atoms with Gasteiger partial charge in [0.1, 0.15) is 0 Å². The number of nitrogens with zero attached hydrogens (tertiary/aromatic N) is 3. The third kappa shape index (κ3) is 5.52. The van der Waals surface area contributed by atoms with Crippen molar-refractivity contribution in [2.75, 3.05) is 24.7 Å². The second-order valence-corrected chi connectivity index (χ2v) is 8.36. The van der Waals surface area contributed by atoms with Gasteiger partial charge in [0.25, 0.3) is 5.91 Å². The van der Waals surface area contributed by atoms with Crippen LogP contribution >= 0.6 is 0 Å². The zero-order valence-corrected chi connectivity index (χ0v) is 19.9. The number of hydrogen-bond acceptors (Lipinski definition) is 6. The lowest BCUT2D eigenvalue weighted by molar-refractivity contribution is 0.0828. The Kier molecular flexibility index (Phi) is 7.16. The number of aromatic nitrogens is 2. The molecule has 1 aliphatic rings. The quantitative estimate of drug-likeness (QED) is 0.421. The minimum Gasteiger partial charge on any atom is -0.353 e. The van der Waals surface area contributed by atoms with Gasteiger partial charge in [0.2, 0.25) is 0 Å². The van der Waals surface area contributed by atoms with Gasteiger partial charge in [-0.2, -0.15) is 0 Å². The molecule has 2 N–H and O–H groups in total. The van der Waals surface area contributed by atoms with Gasteiger partial charge in [0.05, 0.1) is 35.0 Å². The maximum absolute atomic E-state index is 12.1. The molecule has 2 aromatic carbocycles. The van der Waals surface area contributed by atoms with Crippen molar-refractivity contribution < 1.29 is 9.59 Å². The summed E-state index contributed by atoms with van der Waals surface area (Å²) in [6, 6.07) is 18.8. The monoisotopic (exact) mass is 465 g/mol. The number of fused-ring (bicyclic) bond motifs is 2. The molecular formula is C28H27N5O2. The normalized spacial score (nSPS) is 11.6. The summed E-state index contributed by atoms with van der Waals surface area (Å²) in [5.74, 6) is 0.123. The molecule has 0 fully saturated rings. The number of ketones is 1. The number of para-hydroxylation sites is 2. The van der Waals surface area contributed by atoms with Gasteiger partial charge in [-0.05, 0) is 54.4 Å². The largest absolute Gasteiger partial charge is 0.353 e. The summed E-state index contributed by atoms with van der Waals surface area (Å²) >= 11 is 0. The van der Waals surface area contributed by atoms with Crippen LogP contribution in [0.2, 0.25) is 0 Å². The van der Waals surface area contributed by atoms with Gasteiger partial charge in [-0.15, -0.1) is 0 Å². The molecule has 0 saturated carbocycles. The summed E-state index contributed by atoms with van der Waals surface area (Å²) in [7, 11) is 3.49. The Morgan fingerprint density at radius 1 is 0.886 bits per heavy atom. The number of pyridine rings is 2. The van der Waals surface area contributed by atoms with E-state index in [9.17, 15) is 9.59 Å². The molecule has 0 spiro atoms. The number of aryl methyl sites for hydroxylation is 1. The molecule has 0 radical (unpaired) electrons. The van der Waals surface area contributed by atoms with Gasteiger partial charge in [0.15, 0.2) is 5.78 Å². The maximum atomic E-state index is 12.1. The van der Waals surface area contributed by atoms with Crippen LogP contribution in [0.5, 0.6) is 0 Å². The lowest BCUT2D eigenvalue weighted by Gasteiger charge is -2.16. The Bertz CT molecular complexity index is 1370. The predicted molar refractivity (Wildman–Crippen MR) is 139 cm³/mol. The van der Waals surface area contributed by atoms with Crippen LogP contribution in [-0.2, 0) is 6.42 Å². The van der Waals surface area contributed by atoms with Crippen molar-refractivity contribution in [2.45, 2.75) is 13.3 Å². The Hall–Kier alpha value is -4.52. The Morgan fingerprint density at radius 3 is 2.40 bits per heavy atom. The van der Waals surface area contributed by atoms with Gasteiger partial charge in [-0.1, -0.05) is 24.3 Å². The van der Waals surface area contributed by atoms with Crippen molar-refractivity contribution in [1.29, 1.82) is 0 Å². The number of anilines is 4. The van der Waals surface area contributed by atoms with E-state index in [1.165, 1.54) is 0 Å². The lowest BCUT2D eigenvalue weighted by Crippen LogP contribution is -2.22. The molecule has 176 valence electrons. The fraction of sp³-hybridized carbons (Fsp3) is 0.143. The zero-order chi connectivity index (χ0) is 24.8. The summed E-state index contributed by atoms with van der Waals surface area (Å²) in [4.78, 5) is 33.8. The van der Waals surface area contributed by atoms with Gasteiger partial charge in [-0.3, -0.25) is 19.6 Å². The van der Waals surface area contributed by atoms with Crippen LogP contribution in [0.25, 0.3) is 0 Å². The summed E-state index contributed by atoms with van der Waals surface area (Å²) < 4.78 is 0. The molecule has 0 atom stereocenters. The van der Waals surface area contributed by atoms with E-state index >= 15 is 0 Å². The van der Waals surface area contributed by atoms with E-state index in [0.717, 1.165) is 39.4 Å². The molecule has 35 heavy (non-hydrogen) atoms. The highest BCUT2D eigenvalue weighted by molar-refractivity contribution is 6.05. The zero-order valence-electron chi connectivity index (χ0n) is 19.9. The summed E-state index contributed by atoms with van der Waals surface area (Å²) in [5.41, 5.74) is 6.95. The van der Waals surface area contributed by atoms with E-state index in [-0.39, 0.29) is 11.7 Å². The first-order chi connectivity index (χ1) is 16.9. The van der Waals surface area contributed by atoms with E-state index in [2.05, 4.69) is 20.6 Å². The highest BCUT2D eigenvalue weighted by Gasteiger charge is 2.18. The van der Waals surface area contributed by atoms with E-state index < -0.39 is 0 Å². The Balaban J connectivity index is 0.000000167. The predicted octanol–water partition coefficient (Wildman–Crippen LogP) is 5.40. The van der Waals surface area contributed by atoms with Crippen molar-refractivity contribution >= 4 is 34.4 Å². The number of amides is 1. The molecule has 1 amide bonds. The third-order valence-electron chi connectivity index (χ3n) is 5.63. The molecule has 0 saturated heterocycles. The van der Waals surface area contributed by atoms with Crippen LogP contribution in [0.1, 0.15) is 31.8 Å².